The lowest BCUT2D eigenvalue weighted by atomic mass is 9.92. The highest BCUT2D eigenvalue weighted by Crippen LogP contribution is 2.34. The Hall–Kier alpha value is -2.23. The van der Waals surface area contributed by atoms with Gasteiger partial charge in [-0.05, 0) is 43.4 Å². The van der Waals surface area contributed by atoms with Gasteiger partial charge in [-0.2, -0.15) is 18.4 Å². The molecule has 4 nitrogen and oxygen atoms in total. The van der Waals surface area contributed by atoms with Gasteiger partial charge in [-0.3, -0.25) is 4.79 Å². The second-order valence-corrected chi connectivity index (χ2v) is 5.80. The number of alkyl halides is 3. The van der Waals surface area contributed by atoms with Crippen molar-refractivity contribution in [3.63, 3.8) is 0 Å². The molecule has 2 N–H and O–H groups in total. The number of nitrogens with two attached hydrogens (primary N) is 1. The third-order valence-electron chi connectivity index (χ3n) is 4.11. The number of amides is 1. The van der Waals surface area contributed by atoms with Gasteiger partial charge < -0.3 is 10.6 Å². The summed E-state index contributed by atoms with van der Waals surface area (Å²) in [6.45, 7) is 1.38. The summed E-state index contributed by atoms with van der Waals surface area (Å²) in [7, 11) is 0. The minimum atomic E-state index is -4.53. The summed E-state index contributed by atoms with van der Waals surface area (Å²) < 4.78 is 38.5. The predicted octanol–water partition coefficient (Wildman–Crippen LogP) is 3.06. The van der Waals surface area contributed by atoms with Gasteiger partial charge >= 0.3 is 6.18 Å². The third-order valence-corrected chi connectivity index (χ3v) is 4.11. The van der Waals surface area contributed by atoms with E-state index >= 15 is 0 Å². The van der Waals surface area contributed by atoms with E-state index < -0.39 is 11.7 Å². The summed E-state index contributed by atoms with van der Waals surface area (Å²) in [5, 5.41) is 8.98. The van der Waals surface area contributed by atoms with Crippen molar-refractivity contribution < 1.29 is 18.0 Å². The maximum Gasteiger partial charge on any atom is 0.417 e. The van der Waals surface area contributed by atoms with Crippen LogP contribution in [0.2, 0.25) is 0 Å². The summed E-state index contributed by atoms with van der Waals surface area (Å²) in [5.74, 6) is -0.0625. The summed E-state index contributed by atoms with van der Waals surface area (Å²) in [6.07, 6.45) is -1.68. The van der Waals surface area contributed by atoms with Gasteiger partial charge in [0.15, 0.2) is 0 Å². The van der Waals surface area contributed by atoms with Crippen LogP contribution in [-0.4, -0.2) is 19.0 Å². The quantitative estimate of drug-likeness (QED) is 0.925. The molecule has 2 rings (SSSR count). The van der Waals surface area contributed by atoms with Gasteiger partial charge in [0.2, 0.25) is 5.91 Å². The van der Waals surface area contributed by atoms with Crippen molar-refractivity contribution in [2.75, 3.05) is 18.0 Å². The van der Waals surface area contributed by atoms with Crippen molar-refractivity contribution in [3.05, 3.63) is 29.3 Å². The number of piperidine rings is 1. The Balaban J connectivity index is 2.15. The molecular weight excluding hydrogens is 307 g/mol. The molecule has 1 aromatic rings. The van der Waals surface area contributed by atoms with Crippen LogP contribution in [0.3, 0.4) is 0 Å². The van der Waals surface area contributed by atoms with Gasteiger partial charge in [0.25, 0.3) is 0 Å². The summed E-state index contributed by atoms with van der Waals surface area (Å²) in [6, 6.07) is 5.28. The number of nitriles is 1. The van der Waals surface area contributed by atoms with E-state index in [-0.39, 0.29) is 17.4 Å². The van der Waals surface area contributed by atoms with Crippen molar-refractivity contribution in [1.29, 1.82) is 5.26 Å². The number of halogens is 3. The Bertz CT molecular complexity index is 622. The molecule has 1 aliphatic rings. The molecule has 124 valence electrons. The van der Waals surface area contributed by atoms with Gasteiger partial charge in [-0.1, -0.05) is 0 Å². The van der Waals surface area contributed by atoms with Crippen LogP contribution in [0.25, 0.3) is 0 Å². The molecule has 7 heteroatoms. The van der Waals surface area contributed by atoms with Gasteiger partial charge in [-0.25, -0.2) is 0 Å². The molecule has 0 radical (unpaired) electrons. The van der Waals surface area contributed by atoms with Crippen LogP contribution >= 0.6 is 0 Å². The van der Waals surface area contributed by atoms with Crippen molar-refractivity contribution >= 4 is 11.6 Å². The Morgan fingerprint density at radius 2 is 2.17 bits per heavy atom. The van der Waals surface area contributed by atoms with E-state index in [9.17, 15) is 18.0 Å². The normalized spacial score (nSPS) is 18.5. The fraction of sp³-hybridized carbons (Fsp3) is 0.500. The van der Waals surface area contributed by atoms with Gasteiger partial charge in [-0.15, -0.1) is 0 Å². The molecule has 0 saturated carbocycles. The van der Waals surface area contributed by atoms with Crippen LogP contribution in [0, 0.1) is 17.2 Å². The Kier molecular flexibility index (Phi) is 5.14. The van der Waals surface area contributed by atoms with Crippen molar-refractivity contribution in [2.45, 2.75) is 31.9 Å². The molecule has 1 fully saturated rings. The topological polar surface area (TPSA) is 70.1 Å². The molecular formula is C16H18F3N3O. The van der Waals surface area contributed by atoms with E-state index in [1.807, 2.05) is 4.90 Å². The summed E-state index contributed by atoms with van der Waals surface area (Å²) >= 11 is 0. The first kappa shape index (κ1) is 17.1. The number of carbonyl (C=O) groups is 1. The fourth-order valence-electron chi connectivity index (χ4n) is 2.95. The zero-order valence-electron chi connectivity index (χ0n) is 12.6. The predicted molar refractivity (Wildman–Crippen MR) is 79.5 cm³/mol. The van der Waals surface area contributed by atoms with Crippen LogP contribution in [0.1, 0.15) is 36.8 Å². The van der Waals surface area contributed by atoms with Crippen LogP contribution in [0.4, 0.5) is 18.9 Å². The standard InChI is InChI=1S/C16H18F3N3O/c17-16(18,19)14-5-4-13(8-12(14)9-20)22-7-1-2-11(10-22)3-6-15(21)23/h4-5,8,11H,1-3,6-7,10H2,(H2,21,23)/t11-/m0/s1. The van der Waals surface area contributed by atoms with Crippen LogP contribution in [0.15, 0.2) is 18.2 Å². The van der Waals surface area contributed by atoms with Gasteiger partial charge in [0, 0.05) is 25.2 Å². The lowest BCUT2D eigenvalue weighted by Crippen LogP contribution is -2.36. The minimum Gasteiger partial charge on any atom is -0.371 e. The third kappa shape index (κ3) is 4.38. The molecule has 1 saturated heterocycles. The molecule has 23 heavy (non-hydrogen) atoms. The zero-order valence-corrected chi connectivity index (χ0v) is 12.6. The monoisotopic (exact) mass is 325 g/mol. The number of hydrogen-bond acceptors (Lipinski definition) is 3. The highest BCUT2D eigenvalue weighted by molar-refractivity contribution is 5.73. The summed E-state index contributed by atoms with van der Waals surface area (Å²) in [5.41, 5.74) is 4.49. The summed E-state index contributed by atoms with van der Waals surface area (Å²) in [4.78, 5) is 12.8. The van der Waals surface area contributed by atoms with Crippen LogP contribution < -0.4 is 10.6 Å². The van der Waals surface area contributed by atoms with E-state index in [1.54, 1.807) is 6.07 Å². The maximum absolute atomic E-state index is 12.8. The van der Waals surface area contributed by atoms with Crippen LogP contribution in [0.5, 0.6) is 0 Å². The van der Waals surface area contributed by atoms with E-state index in [4.69, 9.17) is 11.0 Å². The second kappa shape index (κ2) is 6.90. The average molecular weight is 325 g/mol. The highest BCUT2D eigenvalue weighted by Gasteiger charge is 2.34. The molecule has 1 heterocycles. The van der Waals surface area contributed by atoms with E-state index in [1.165, 1.54) is 12.1 Å². The first-order valence-electron chi connectivity index (χ1n) is 7.46. The molecule has 1 aliphatic heterocycles. The average Bonchev–Trinajstić information content (AvgIpc) is 2.51. The maximum atomic E-state index is 12.8. The first-order chi connectivity index (χ1) is 10.8. The molecule has 0 spiro atoms. The number of hydrogen-bond donors (Lipinski definition) is 1. The number of anilines is 1. The largest absolute Gasteiger partial charge is 0.417 e. The van der Waals surface area contributed by atoms with Crippen LogP contribution in [-0.2, 0) is 11.0 Å². The van der Waals surface area contributed by atoms with Crippen molar-refractivity contribution in [2.24, 2.45) is 11.7 Å². The first-order valence-corrected chi connectivity index (χ1v) is 7.46. The van der Waals surface area contributed by atoms with E-state index in [0.29, 0.717) is 25.1 Å². The van der Waals surface area contributed by atoms with Gasteiger partial charge in [0.1, 0.15) is 0 Å². The molecule has 0 aromatic heterocycles. The number of carbonyl (C=O) groups excluding carboxylic acids is 1. The molecule has 0 unspecified atom stereocenters. The van der Waals surface area contributed by atoms with E-state index in [0.717, 1.165) is 25.5 Å². The molecule has 1 atom stereocenters. The smallest absolute Gasteiger partial charge is 0.371 e. The zero-order chi connectivity index (χ0) is 17.0. The Morgan fingerprint density at radius 1 is 1.43 bits per heavy atom. The molecule has 0 aliphatic carbocycles. The molecule has 0 bridgehead atoms. The second-order valence-electron chi connectivity index (χ2n) is 5.80. The number of rotatable bonds is 4. The number of benzene rings is 1. The number of primary amides is 1. The SMILES string of the molecule is N#Cc1cc(N2CCC[C@@H](CCC(N)=O)C2)ccc1C(F)(F)F. The Morgan fingerprint density at radius 3 is 2.78 bits per heavy atom. The van der Waals surface area contributed by atoms with Crippen molar-refractivity contribution in [1.82, 2.24) is 0 Å². The number of nitrogens with zero attached hydrogens (tertiary/aromatic N) is 2. The lowest BCUT2D eigenvalue weighted by Gasteiger charge is -2.34. The van der Waals surface area contributed by atoms with E-state index in [2.05, 4.69) is 0 Å². The van der Waals surface area contributed by atoms with Gasteiger partial charge in [0.05, 0.1) is 17.2 Å². The highest BCUT2D eigenvalue weighted by atomic mass is 19.4. The minimum absolute atomic E-state index is 0.282. The Labute approximate surface area is 132 Å². The fourth-order valence-corrected chi connectivity index (χ4v) is 2.95. The van der Waals surface area contributed by atoms with Crippen molar-refractivity contribution in [3.8, 4) is 6.07 Å². The lowest BCUT2D eigenvalue weighted by molar-refractivity contribution is -0.137. The molecule has 1 amide bonds. The molecule has 1 aromatic carbocycles.